The molecule has 15 heavy (non-hydrogen) atoms. The first-order chi connectivity index (χ1) is 7.10. The number of aliphatic hydroxyl groups excluding tert-OH is 1. The highest BCUT2D eigenvalue weighted by atomic mass is 16.4. The Kier molecular flexibility index (Phi) is 3.63. The fourth-order valence-electron chi connectivity index (χ4n) is 1.54. The Balaban J connectivity index is 3.44. The second-order valence-electron chi connectivity index (χ2n) is 3.34. The number of carboxylic acids is 1. The van der Waals surface area contributed by atoms with E-state index in [-0.39, 0.29) is 12.2 Å². The molecule has 0 saturated heterocycles. The van der Waals surface area contributed by atoms with Crippen LogP contribution >= 0.6 is 0 Å². The van der Waals surface area contributed by atoms with Gasteiger partial charge in [-0.2, -0.15) is 0 Å². The number of benzene rings is 1. The van der Waals surface area contributed by atoms with Crippen LogP contribution in [0.15, 0.2) is 18.2 Å². The smallest absolute Gasteiger partial charge is 0.336 e. The summed E-state index contributed by atoms with van der Waals surface area (Å²) in [6.07, 6.45) is 3.62. The summed E-state index contributed by atoms with van der Waals surface area (Å²) in [5.41, 5.74) is 2.27. The number of aryl methyl sites for hydroxylation is 1. The van der Waals surface area contributed by atoms with Gasteiger partial charge in [0.15, 0.2) is 0 Å². The maximum absolute atomic E-state index is 11.0. The van der Waals surface area contributed by atoms with Gasteiger partial charge in [-0.05, 0) is 36.6 Å². The molecule has 1 aromatic carbocycles. The van der Waals surface area contributed by atoms with Crippen molar-refractivity contribution in [2.75, 3.05) is 0 Å². The molecule has 0 aromatic heterocycles. The molecule has 0 amide bonds. The van der Waals surface area contributed by atoms with Crippen molar-refractivity contribution in [3.05, 3.63) is 40.5 Å². The van der Waals surface area contributed by atoms with Crippen molar-refractivity contribution >= 4 is 12.0 Å². The Hall–Kier alpha value is -1.61. The average molecular weight is 206 g/mol. The third-order valence-electron chi connectivity index (χ3n) is 2.16. The number of hydrogen-bond donors (Lipinski definition) is 2. The van der Waals surface area contributed by atoms with Gasteiger partial charge >= 0.3 is 5.97 Å². The standard InChI is InChI=1S/C12H14O3/c1-3-4-9-5-8(2)6-10(12(14)15)11(9)7-13/h3-6,13H,7H2,1-2H3,(H,14,15). The quantitative estimate of drug-likeness (QED) is 0.797. The van der Waals surface area contributed by atoms with E-state index in [1.807, 2.05) is 26.0 Å². The number of hydrogen-bond acceptors (Lipinski definition) is 2. The molecule has 0 saturated carbocycles. The molecule has 0 bridgehead atoms. The summed E-state index contributed by atoms with van der Waals surface area (Å²) in [7, 11) is 0. The molecule has 0 aliphatic rings. The van der Waals surface area contributed by atoms with Gasteiger partial charge in [0.2, 0.25) is 0 Å². The number of carbonyl (C=O) groups is 1. The van der Waals surface area contributed by atoms with Crippen LogP contribution in [0.3, 0.4) is 0 Å². The lowest BCUT2D eigenvalue weighted by molar-refractivity contribution is 0.0693. The minimum Gasteiger partial charge on any atom is -0.478 e. The molecule has 1 rings (SSSR count). The zero-order valence-electron chi connectivity index (χ0n) is 8.82. The Morgan fingerprint density at radius 3 is 2.60 bits per heavy atom. The van der Waals surface area contributed by atoms with Crippen LogP contribution in [0.4, 0.5) is 0 Å². The normalized spacial score (nSPS) is 10.9. The van der Waals surface area contributed by atoms with Crippen molar-refractivity contribution in [1.82, 2.24) is 0 Å². The lowest BCUT2D eigenvalue weighted by atomic mass is 9.98. The highest BCUT2D eigenvalue weighted by Gasteiger charge is 2.12. The van der Waals surface area contributed by atoms with Crippen molar-refractivity contribution in [3.63, 3.8) is 0 Å². The molecule has 0 fully saturated rings. The molecular formula is C12H14O3. The van der Waals surface area contributed by atoms with Gasteiger partial charge in [-0.15, -0.1) is 0 Å². The molecule has 3 heteroatoms. The van der Waals surface area contributed by atoms with Crippen molar-refractivity contribution in [2.45, 2.75) is 20.5 Å². The molecule has 0 spiro atoms. The topological polar surface area (TPSA) is 57.5 Å². The molecule has 0 heterocycles. The zero-order valence-corrected chi connectivity index (χ0v) is 8.82. The van der Waals surface area contributed by atoms with Gasteiger partial charge in [0.05, 0.1) is 12.2 Å². The van der Waals surface area contributed by atoms with Crippen LogP contribution in [-0.4, -0.2) is 16.2 Å². The van der Waals surface area contributed by atoms with E-state index in [1.54, 1.807) is 12.1 Å². The van der Waals surface area contributed by atoms with E-state index in [1.165, 1.54) is 0 Å². The van der Waals surface area contributed by atoms with Gasteiger partial charge in [0, 0.05) is 0 Å². The van der Waals surface area contributed by atoms with E-state index >= 15 is 0 Å². The van der Waals surface area contributed by atoms with Crippen molar-refractivity contribution in [3.8, 4) is 0 Å². The highest BCUT2D eigenvalue weighted by Crippen LogP contribution is 2.19. The lowest BCUT2D eigenvalue weighted by Crippen LogP contribution is -2.05. The number of allylic oxidation sites excluding steroid dienone is 1. The molecule has 0 unspecified atom stereocenters. The highest BCUT2D eigenvalue weighted by molar-refractivity contribution is 5.91. The molecule has 2 N–H and O–H groups in total. The van der Waals surface area contributed by atoms with E-state index in [0.717, 1.165) is 11.1 Å². The van der Waals surface area contributed by atoms with Crippen molar-refractivity contribution in [1.29, 1.82) is 0 Å². The summed E-state index contributed by atoms with van der Waals surface area (Å²) in [6, 6.07) is 3.43. The maximum atomic E-state index is 11.0. The van der Waals surface area contributed by atoms with Crippen LogP contribution in [0.2, 0.25) is 0 Å². The minimum atomic E-state index is -1.01. The van der Waals surface area contributed by atoms with Crippen LogP contribution in [-0.2, 0) is 6.61 Å². The van der Waals surface area contributed by atoms with Gasteiger partial charge < -0.3 is 10.2 Å². The van der Waals surface area contributed by atoms with Crippen LogP contribution < -0.4 is 0 Å². The predicted octanol–water partition coefficient (Wildman–Crippen LogP) is 2.22. The van der Waals surface area contributed by atoms with E-state index in [4.69, 9.17) is 10.2 Å². The van der Waals surface area contributed by atoms with E-state index in [2.05, 4.69) is 0 Å². The minimum absolute atomic E-state index is 0.172. The van der Waals surface area contributed by atoms with Crippen molar-refractivity contribution < 1.29 is 15.0 Å². The van der Waals surface area contributed by atoms with Gasteiger partial charge in [-0.25, -0.2) is 4.79 Å². The lowest BCUT2D eigenvalue weighted by Gasteiger charge is -2.09. The predicted molar refractivity (Wildman–Crippen MR) is 58.8 cm³/mol. The first kappa shape index (κ1) is 11.5. The van der Waals surface area contributed by atoms with Crippen LogP contribution in [0.5, 0.6) is 0 Å². The van der Waals surface area contributed by atoms with Gasteiger partial charge in [-0.3, -0.25) is 0 Å². The molecule has 0 radical (unpaired) electrons. The molecule has 1 aromatic rings. The van der Waals surface area contributed by atoms with Crippen LogP contribution in [0.1, 0.15) is 34.0 Å². The van der Waals surface area contributed by atoms with Gasteiger partial charge in [0.1, 0.15) is 0 Å². The molecular weight excluding hydrogens is 192 g/mol. The van der Waals surface area contributed by atoms with Crippen LogP contribution in [0, 0.1) is 6.92 Å². The van der Waals surface area contributed by atoms with E-state index in [9.17, 15) is 4.79 Å². The second-order valence-corrected chi connectivity index (χ2v) is 3.34. The first-order valence-electron chi connectivity index (χ1n) is 4.70. The number of aliphatic hydroxyl groups is 1. The maximum Gasteiger partial charge on any atom is 0.336 e. The zero-order chi connectivity index (χ0) is 11.4. The van der Waals surface area contributed by atoms with Gasteiger partial charge in [-0.1, -0.05) is 18.2 Å². The summed E-state index contributed by atoms with van der Waals surface area (Å²) < 4.78 is 0. The largest absolute Gasteiger partial charge is 0.478 e. The first-order valence-corrected chi connectivity index (χ1v) is 4.70. The Morgan fingerprint density at radius 2 is 2.13 bits per heavy atom. The van der Waals surface area contributed by atoms with Gasteiger partial charge in [0.25, 0.3) is 0 Å². The fraction of sp³-hybridized carbons (Fsp3) is 0.250. The molecule has 0 aliphatic heterocycles. The summed E-state index contributed by atoms with van der Waals surface area (Å²) >= 11 is 0. The third kappa shape index (κ3) is 2.44. The summed E-state index contributed by atoms with van der Waals surface area (Å²) in [5.74, 6) is -1.01. The Bertz CT molecular complexity index is 406. The number of rotatable bonds is 3. The summed E-state index contributed by atoms with van der Waals surface area (Å²) in [5, 5.41) is 18.1. The molecule has 3 nitrogen and oxygen atoms in total. The number of carboxylic acid groups (broad SMARTS) is 1. The number of aromatic carboxylic acids is 1. The average Bonchev–Trinajstić information content (AvgIpc) is 2.17. The summed E-state index contributed by atoms with van der Waals surface area (Å²) in [6.45, 7) is 3.42. The van der Waals surface area contributed by atoms with Crippen LogP contribution in [0.25, 0.3) is 6.08 Å². The Labute approximate surface area is 88.7 Å². The van der Waals surface area contributed by atoms with E-state index in [0.29, 0.717) is 5.56 Å². The monoisotopic (exact) mass is 206 g/mol. The molecule has 80 valence electrons. The molecule has 0 atom stereocenters. The van der Waals surface area contributed by atoms with Crippen molar-refractivity contribution in [2.24, 2.45) is 0 Å². The summed E-state index contributed by atoms with van der Waals surface area (Å²) in [4.78, 5) is 11.0. The Morgan fingerprint density at radius 1 is 1.47 bits per heavy atom. The second kappa shape index (κ2) is 4.75. The SMILES string of the molecule is CC=Cc1cc(C)cc(C(=O)O)c1CO. The fourth-order valence-corrected chi connectivity index (χ4v) is 1.54. The third-order valence-corrected chi connectivity index (χ3v) is 2.16. The molecule has 0 aliphatic carbocycles. The van der Waals surface area contributed by atoms with E-state index < -0.39 is 5.97 Å².